The van der Waals surface area contributed by atoms with E-state index in [1.165, 1.54) is 0 Å². The smallest absolute Gasteiger partial charge is 0.321 e. The van der Waals surface area contributed by atoms with E-state index in [0.29, 0.717) is 6.54 Å². The molecule has 0 saturated heterocycles. The molecule has 0 aliphatic rings. The summed E-state index contributed by atoms with van der Waals surface area (Å²) in [6.45, 7) is 2.62. The molecule has 2 rings (SSSR count). The van der Waals surface area contributed by atoms with Gasteiger partial charge in [0.05, 0.1) is 0 Å². The Balaban J connectivity index is 1.69. The van der Waals surface area contributed by atoms with Crippen molar-refractivity contribution >= 4 is 11.9 Å². The molecule has 5 heteroatoms. The number of carbonyl (C=O) groups excluding carboxylic acids is 2. The van der Waals surface area contributed by atoms with Crippen molar-refractivity contribution in [2.24, 2.45) is 0 Å². The molecule has 0 radical (unpaired) electrons. The maximum atomic E-state index is 11.8. The van der Waals surface area contributed by atoms with Crippen molar-refractivity contribution in [2.45, 2.75) is 19.5 Å². The first kappa shape index (κ1) is 16.7. The molecule has 0 aliphatic heterocycles. The third kappa shape index (κ3) is 5.92. The first-order valence-electron chi connectivity index (χ1n) is 7.65. The number of nitrogens with one attached hydrogen (secondary N) is 2. The molecule has 0 unspecified atom stereocenters. The number of hydrogen-bond acceptors (Lipinski definition) is 2. The summed E-state index contributed by atoms with van der Waals surface area (Å²) in [4.78, 5) is 23.5. The van der Waals surface area contributed by atoms with Crippen LogP contribution in [0.5, 0.6) is 0 Å². The summed E-state index contributed by atoms with van der Waals surface area (Å²) in [5, 5.41) is 6.90. The summed E-state index contributed by atoms with van der Waals surface area (Å²) < 4.78 is 0. The molecule has 0 aromatic heterocycles. The quantitative estimate of drug-likeness (QED) is 0.753. The molecule has 5 nitrogen and oxygen atoms in total. The van der Waals surface area contributed by atoms with Gasteiger partial charge in [-0.15, -0.1) is 0 Å². The monoisotopic (exact) mass is 312 g/mol. The Hall–Kier alpha value is -2.66. The van der Waals surface area contributed by atoms with Gasteiger partial charge in [0.2, 0.25) is 0 Å². The topological polar surface area (TPSA) is 74.8 Å². The van der Waals surface area contributed by atoms with Gasteiger partial charge in [0.25, 0.3) is 5.91 Å². The van der Waals surface area contributed by atoms with Crippen molar-refractivity contribution in [3.8, 4) is 0 Å². The van der Waals surface area contributed by atoms with Gasteiger partial charge in [-0.3, -0.25) is 10.1 Å². The zero-order valence-corrected chi connectivity index (χ0v) is 13.2. The van der Waals surface area contributed by atoms with E-state index in [-0.39, 0.29) is 18.5 Å². The highest BCUT2D eigenvalue weighted by atomic mass is 16.2. The predicted octanol–water partition coefficient (Wildman–Crippen LogP) is 1.34. The van der Waals surface area contributed by atoms with E-state index in [4.69, 9.17) is 0 Å². The molecule has 2 aromatic rings. The average molecular weight is 312 g/mol. The lowest BCUT2D eigenvalue weighted by Crippen LogP contribution is -2.87. The summed E-state index contributed by atoms with van der Waals surface area (Å²) >= 11 is 0. The second-order valence-corrected chi connectivity index (χ2v) is 5.36. The predicted molar refractivity (Wildman–Crippen MR) is 88.5 cm³/mol. The molecule has 2 aromatic carbocycles. The summed E-state index contributed by atoms with van der Waals surface area (Å²) in [5.41, 5.74) is 2.13. The van der Waals surface area contributed by atoms with Crippen LogP contribution in [0.2, 0.25) is 0 Å². The van der Waals surface area contributed by atoms with E-state index < -0.39 is 6.03 Å². The number of nitrogens with two attached hydrogens (primary N) is 1. The Morgan fingerprint density at radius 3 is 2.26 bits per heavy atom. The standard InChI is InChI=1S/C18H21N3O2/c1-14(16-10-6-3-7-11-16)19-13-17(22)21-18(23)20-12-15-8-4-2-5-9-15/h2-11,14,19H,12-13H2,1H3,(H2,20,21,22,23)/p+1/t14-/m0/s1. The van der Waals surface area contributed by atoms with Crippen LogP contribution < -0.4 is 16.0 Å². The summed E-state index contributed by atoms with van der Waals surface area (Å²) in [7, 11) is 0. The maximum Gasteiger partial charge on any atom is 0.321 e. The van der Waals surface area contributed by atoms with E-state index >= 15 is 0 Å². The number of hydrogen-bond donors (Lipinski definition) is 3. The third-order valence-electron chi connectivity index (χ3n) is 3.53. The number of rotatable bonds is 6. The second kappa shape index (κ2) is 8.70. The van der Waals surface area contributed by atoms with Gasteiger partial charge in [-0.05, 0) is 12.5 Å². The highest BCUT2D eigenvalue weighted by Gasteiger charge is 2.13. The largest absolute Gasteiger partial charge is 0.334 e. The van der Waals surface area contributed by atoms with Crippen LogP contribution in [-0.4, -0.2) is 18.5 Å². The van der Waals surface area contributed by atoms with E-state index in [1.54, 1.807) is 0 Å². The van der Waals surface area contributed by atoms with Gasteiger partial charge < -0.3 is 10.6 Å². The van der Waals surface area contributed by atoms with E-state index in [9.17, 15) is 9.59 Å². The Bertz CT molecular complexity index is 629. The lowest BCUT2D eigenvalue weighted by molar-refractivity contribution is -0.682. The molecule has 0 saturated carbocycles. The van der Waals surface area contributed by atoms with Crippen LogP contribution in [0.3, 0.4) is 0 Å². The van der Waals surface area contributed by atoms with Gasteiger partial charge in [0, 0.05) is 12.1 Å². The lowest BCUT2D eigenvalue weighted by Gasteiger charge is -2.11. The summed E-state index contributed by atoms with van der Waals surface area (Å²) in [5.74, 6) is -0.307. The highest BCUT2D eigenvalue weighted by molar-refractivity contribution is 5.94. The molecule has 23 heavy (non-hydrogen) atoms. The fourth-order valence-corrected chi connectivity index (χ4v) is 2.18. The maximum absolute atomic E-state index is 11.8. The van der Waals surface area contributed by atoms with Crippen molar-refractivity contribution < 1.29 is 14.9 Å². The SMILES string of the molecule is C[C@H]([NH2+]CC(=O)NC(=O)NCc1ccccc1)c1ccccc1. The Morgan fingerprint density at radius 1 is 1.00 bits per heavy atom. The molecule has 0 fully saturated rings. The van der Waals surface area contributed by atoms with Crippen molar-refractivity contribution in [1.29, 1.82) is 0 Å². The van der Waals surface area contributed by atoms with Gasteiger partial charge in [-0.25, -0.2) is 4.79 Å². The number of quaternary nitrogens is 1. The number of urea groups is 1. The van der Waals surface area contributed by atoms with Crippen molar-refractivity contribution in [3.63, 3.8) is 0 Å². The van der Waals surface area contributed by atoms with E-state index in [1.807, 2.05) is 72.9 Å². The molecular formula is C18H22N3O2+. The Labute approximate surface area is 136 Å². The molecule has 0 aliphatic carbocycles. The lowest BCUT2D eigenvalue weighted by atomic mass is 10.1. The number of benzene rings is 2. The molecular weight excluding hydrogens is 290 g/mol. The third-order valence-corrected chi connectivity index (χ3v) is 3.53. The van der Waals surface area contributed by atoms with Gasteiger partial charge in [-0.1, -0.05) is 60.7 Å². The van der Waals surface area contributed by atoms with Crippen molar-refractivity contribution in [3.05, 3.63) is 71.8 Å². The van der Waals surface area contributed by atoms with E-state index in [0.717, 1.165) is 11.1 Å². The van der Waals surface area contributed by atoms with Crippen LogP contribution in [0.4, 0.5) is 4.79 Å². The molecule has 1 atom stereocenters. The van der Waals surface area contributed by atoms with Gasteiger partial charge in [0.1, 0.15) is 6.04 Å². The molecule has 0 bridgehead atoms. The van der Waals surface area contributed by atoms with E-state index in [2.05, 4.69) is 10.6 Å². The summed E-state index contributed by atoms with van der Waals surface area (Å²) in [6, 6.07) is 19.2. The van der Waals surface area contributed by atoms with Crippen molar-refractivity contribution in [1.82, 2.24) is 10.6 Å². The fourth-order valence-electron chi connectivity index (χ4n) is 2.18. The minimum absolute atomic E-state index is 0.161. The molecule has 3 amide bonds. The van der Waals surface area contributed by atoms with Crippen LogP contribution in [0.25, 0.3) is 0 Å². The first-order valence-corrected chi connectivity index (χ1v) is 7.65. The van der Waals surface area contributed by atoms with Crippen LogP contribution in [0, 0.1) is 0 Å². The Morgan fingerprint density at radius 2 is 1.61 bits per heavy atom. The molecule has 4 N–H and O–H groups in total. The number of amides is 3. The highest BCUT2D eigenvalue weighted by Crippen LogP contribution is 2.05. The average Bonchev–Trinajstić information content (AvgIpc) is 2.59. The zero-order chi connectivity index (χ0) is 16.5. The fraction of sp³-hybridized carbons (Fsp3) is 0.222. The van der Waals surface area contributed by atoms with Crippen molar-refractivity contribution in [2.75, 3.05) is 6.54 Å². The number of carbonyl (C=O) groups is 2. The molecule has 120 valence electrons. The minimum atomic E-state index is -0.473. The van der Waals surface area contributed by atoms with Crippen LogP contribution in [0.15, 0.2) is 60.7 Å². The summed E-state index contributed by atoms with van der Waals surface area (Å²) in [6.07, 6.45) is 0. The zero-order valence-electron chi connectivity index (χ0n) is 13.2. The first-order chi connectivity index (χ1) is 11.1. The molecule has 0 spiro atoms. The van der Waals surface area contributed by atoms with Crippen LogP contribution in [-0.2, 0) is 11.3 Å². The normalized spacial score (nSPS) is 11.5. The molecule has 0 heterocycles. The van der Waals surface area contributed by atoms with Crippen LogP contribution in [0.1, 0.15) is 24.1 Å². The Kier molecular flexibility index (Phi) is 6.32. The van der Waals surface area contributed by atoms with Crippen LogP contribution >= 0.6 is 0 Å². The second-order valence-electron chi connectivity index (χ2n) is 5.36. The van der Waals surface area contributed by atoms with Gasteiger partial charge in [-0.2, -0.15) is 0 Å². The minimum Gasteiger partial charge on any atom is -0.334 e. The number of imide groups is 1. The van der Waals surface area contributed by atoms with Gasteiger partial charge >= 0.3 is 6.03 Å². The van der Waals surface area contributed by atoms with Gasteiger partial charge in [0.15, 0.2) is 6.54 Å².